The Kier molecular flexibility index (Phi) is 4.47. The maximum atomic E-state index is 13.1. The summed E-state index contributed by atoms with van der Waals surface area (Å²) in [4.78, 5) is 14.7. The van der Waals surface area contributed by atoms with Crippen molar-refractivity contribution in [1.29, 1.82) is 0 Å². The van der Waals surface area contributed by atoms with Crippen LogP contribution in [-0.4, -0.2) is 29.1 Å². The zero-order valence-electron chi connectivity index (χ0n) is 13.9. The predicted molar refractivity (Wildman–Crippen MR) is 96.6 cm³/mol. The molecule has 1 aliphatic heterocycles. The Hall–Kier alpha value is -2.66. The summed E-state index contributed by atoms with van der Waals surface area (Å²) >= 11 is 6.22. The van der Waals surface area contributed by atoms with E-state index < -0.39 is 0 Å². The molecule has 1 aromatic heterocycles. The maximum Gasteiger partial charge on any atom is 0.259 e. The Balaban J connectivity index is 1.56. The highest BCUT2D eigenvalue weighted by atomic mass is 35.5. The third-order valence-corrected chi connectivity index (χ3v) is 5.07. The van der Waals surface area contributed by atoms with Crippen LogP contribution in [-0.2, 0) is 0 Å². The molecule has 2 aromatic carbocycles. The van der Waals surface area contributed by atoms with Gasteiger partial charge in [-0.1, -0.05) is 41.0 Å². The van der Waals surface area contributed by atoms with Crippen LogP contribution >= 0.6 is 11.6 Å². The summed E-state index contributed by atoms with van der Waals surface area (Å²) in [5.74, 6) is 0.188. The summed E-state index contributed by atoms with van der Waals surface area (Å²) in [5, 5.41) is 4.30. The monoisotopic (exact) mass is 370 g/mol. The van der Waals surface area contributed by atoms with Gasteiger partial charge in [0, 0.05) is 24.6 Å². The van der Waals surface area contributed by atoms with Gasteiger partial charge in [-0.3, -0.25) is 4.79 Å². The largest absolute Gasteiger partial charge is 0.355 e. The molecule has 0 radical (unpaired) electrons. The molecule has 132 valence electrons. The molecule has 1 fully saturated rings. The smallest absolute Gasteiger partial charge is 0.259 e. The van der Waals surface area contributed by atoms with Gasteiger partial charge in [-0.05, 0) is 36.2 Å². The Morgan fingerprint density at radius 3 is 2.73 bits per heavy atom. The van der Waals surface area contributed by atoms with E-state index in [4.69, 9.17) is 16.1 Å². The molecule has 2 heterocycles. The molecule has 1 saturated heterocycles. The van der Waals surface area contributed by atoms with Crippen LogP contribution < -0.4 is 0 Å². The Morgan fingerprint density at radius 2 is 1.96 bits per heavy atom. The summed E-state index contributed by atoms with van der Waals surface area (Å²) in [6, 6.07) is 13.7. The van der Waals surface area contributed by atoms with Gasteiger partial charge >= 0.3 is 0 Å². The maximum absolute atomic E-state index is 13.1. The first-order valence-electron chi connectivity index (χ1n) is 8.38. The van der Waals surface area contributed by atoms with Crippen LogP contribution in [0.15, 0.2) is 59.3 Å². The van der Waals surface area contributed by atoms with E-state index in [1.165, 1.54) is 18.3 Å². The molecule has 26 heavy (non-hydrogen) atoms. The van der Waals surface area contributed by atoms with Crippen molar-refractivity contribution in [3.8, 4) is 11.3 Å². The fourth-order valence-corrected chi connectivity index (χ4v) is 3.58. The highest BCUT2D eigenvalue weighted by molar-refractivity contribution is 6.33. The van der Waals surface area contributed by atoms with Crippen molar-refractivity contribution in [1.82, 2.24) is 10.1 Å². The molecule has 1 amide bonds. The van der Waals surface area contributed by atoms with E-state index in [1.807, 2.05) is 12.1 Å². The molecular weight excluding hydrogens is 355 g/mol. The summed E-state index contributed by atoms with van der Waals surface area (Å²) in [6.07, 6.45) is 2.27. The zero-order chi connectivity index (χ0) is 18.1. The van der Waals surface area contributed by atoms with Gasteiger partial charge in [-0.2, -0.15) is 0 Å². The van der Waals surface area contributed by atoms with Crippen LogP contribution in [0.1, 0.15) is 28.3 Å². The SMILES string of the molecule is O=C(c1cnoc1-c1ccccc1Cl)N1CCC(c2ccc(F)cc2)C1. The summed E-state index contributed by atoms with van der Waals surface area (Å²) in [6.45, 7) is 1.21. The lowest BCUT2D eigenvalue weighted by Crippen LogP contribution is -2.28. The van der Waals surface area contributed by atoms with Crippen LogP contribution in [0.25, 0.3) is 11.3 Å². The van der Waals surface area contributed by atoms with Gasteiger partial charge in [0.25, 0.3) is 5.91 Å². The van der Waals surface area contributed by atoms with Gasteiger partial charge in [0.2, 0.25) is 0 Å². The van der Waals surface area contributed by atoms with Gasteiger partial charge in [0.05, 0.1) is 11.2 Å². The number of hydrogen-bond donors (Lipinski definition) is 0. The molecule has 0 spiro atoms. The highest BCUT2D eigenvalue weighted by Crippen LogP contribution is 2.33. The van der Waals surface area contributed by atoms with Crippen molar-refractivity contribution in [2.75, 3.05) is 13.1 Å². The lowest BCUT2D eigenvalue weighted by Gasteiger charge is -2.16. The van der Waals surface area contributed by atoms with E-state index in [2.05, 4.69) is 5.16 Å². The molecule has 1 atom stereocenters. The van der Waals surface area contributed by atoms with E-state index in [1.54, 1.807) is 29.2 Å². The number of amides is 1. The number of likely N-dealkylation sites (tertiary alicyclic amines) is 1. The molecule has 3 aromatic rings. The number of rotatable bonds is 3. The molecule has 4 nitrogen and oxygen atoms in total. The molecule has 6 heteroatoms. The normalized spacial score (nSPS) is 16.8. The lowest BCUT2D eigenvalue weighted by atomic mass is 9.98. The molecular formula is C20H16ClFN2O2. The van der Waals surface area contributed by atoms with Crippen molar-refractivity contribution < 1.29 is 13.7 Å². The van der Waals surface area contributed by atoms with Gasteiger partial charge < -0.3 is 9.42 Å². The van der Waals surface area contributed by atoms with Crippen LogP contribution in [0.5, 0.6) is 0 Å². The first-order valence-corrected chi connectivity index (χ1v) is 8.75. The summed E-state index contributed by atoms with van der Waals surface area (Å²) in [7, 11) is 0. The van der Waals surface area contributed by atoms with Crippen molar-refractivity contribution in [2.45, 2.75) is 12.3 Å². The zero-order valence-corrected chi connectivity index (χ0v) is 14.6. The lowest BCUT2D eigenvalue weighted by molar-refractivity contribution is 0.0791. The van der Waals surface area contributed by atoms with Gasteiger partial charge in [-0.25, -0.2) is 4.39 Å². The first kappa shape index (κ1) is 16.8. The molecule has 0 aliphatic carbocycles. The molecule has 0 bridgehead atoms. The molecule has 1 aliphatic rings. The number of carbonyl (C=O) groups excluding carboxylic acids is 1. The van der Waals surface area contributed by atoms with E-state index in [0.29, 0.717) is 35.0 Å². The molecule has 1 unspecified atom stereocenters. The fraction of sp³-hybridized carbons (Fsp3) is 0.200. The molecule has 0 N–H and O–H groups in total. The highest BCUT2D eigenvalue weighted by Gasteiger charge is 2.31. The van der Waals surface area contributed by atoms with Crippen LogP contribution in [0.3, 0.4) is 0 Å². The topological polar surface area (TPSA) is 46.3 Å². The minimum atomic E-state index is -0.256. The minimum absolute atomic E-state index is 0.134. The number of aromatic nitrogens is 1. The van der Waals surface area contributed by atoms with Crippen LogP contribution in [0.4, 0.5) is 4.39 Å². The second-order valence-electron chi connectivity index (χ2n) is 6.34. The summed E-state index contributed by atoms with van der Waals surface area (Å²) < 4.78 is 18.4. The fourth-order valence-electron chi connectivity index (χ4n) is 3.35. The van der Waals surface area contributed by atoms with Crippen molar-refractivity contribution >= 4 is 17.5 Å². The van der Waals surface area contributed by atoms with Gasteiger partial charge in [0.15, 0.2) is 5.76 Å². The van der Waals surface area contributed by atoms with Crippen molar-refractivity contribution in [3.05, 3.63) is 76.7 Å². The van der Waals surface area contributed by atoms with Gasteiger partial charge in [0.1, 0.15) is 11.4 Å². The summed E-state index contributed by atoms with van der Waals surface area (Å²) in [5.41, 5.74) is 2.08. The Labute approximate surface area is 155 Å². The minimum Gasteiger partial charge on any atom is -0.355 e. The van der Waals surface area contributed by atoms with E-state index in [-0.39, 0.29) is 17.6 Å². The van der Waals surface area contributed by atoms with Gasteiger partial charge in [-0.15, -0.1) is 0 Å². The van der Waals surface area contributed by atoms with Crippen LogP contribution in [0, 0.1) is 5.82 Å². The number of benzene rings is 2. The average molecular weight is 371 g/mol. The number of hydrogen-bond acceptors (Lipinski definition) is 3. The second-order valence-corrected chi connectivity index (χ2v) is 6.74. The number of carbonyl (C=O) groups is 1. The molecule has 0 saturated carbocycles. The Morgan fingerprint density at radius 1 is 1.19 bits per heavy atom. The second kappa shape index (κ2) is 6.92. The first-order chi connectivity index (χ1) is 12.6. The van der Waals surface area contributed by atoms with E-state index in [0.717, 1.165) is 12.0 Å². The average Bonchev–Trinajstić information content (AvgIpc) is 3.32. The number of nitrogens with zero attached hydrogens (tertiary/aromatic N) is 2. The number of halogens is 2. The third kappa shape index (κ3) is 3.10. The predicted octanol–water partition coefficient (Wildman–Crippen LogP) is 4.76. The molecule has 4 rings (SSSR count). The standard InChI is InChI=1S/C20H16ClFN2O2/c21-18-4-2-1-3-16(18)19-17(11-23-26-19)20(25)24-10-9-14(12-24)13-5-7-15(22)8-6-13/h1-8,11,14H,9-10,12H2. The van der Waals surface area contributed by atoms with E-state index >= 15 is 0 Å². The quantitative estimate of drug-likeness (QED) is 0.667. The Bertz CT molecular complexity index is 939. The third-order valence-electron chi connectivity index (χ3n) is 4.74. The van der Waals surface area contributed by atoms with Crippen molar-refractivity contribution in [3.63, 3.8) is 0 Å². The van der Waals surface area contributed by atoms with Crippen LogP contribution in [0.2, 0.25) is 5.02 Å². The van der Waals surface area contributed by atoms with E-state index in [9.17, 15) is 9.18 Å². The van der Waals surface area contributed by atoms with Crippen molar-refractivity contribution in [2.24, 2.45) is 0 Å².